The minimum atomic E-state index is -0.372. The molecule has 2 aliphatic carbocycles. The highest BCUT2D eigenvalue weighted by molar-refractivity contribution is 5.33. The van der Waals surface area contributed by atoms with Crippen LogP contribution in [0.4, 0.5) is 4.39 Å². The largest absolute Gasteiger partial charge is 0.206 e. The first-order chi connectivity index (χ1) is 14.7. The minimum absolute atomic E-state index is 0.153. The van der Waals surface area contributed by atoms with Crippen LogP contribution in [-0.2, 0) is 6.42 Å². The average Bonchev–Trinajstić information content (AvgIpc) is 2.78. The van der Waals surface area contributed by atoms with Gasteiger partial charge < -0.3 is 0 Å². The Morgan fingerprint density at radius 2 is 1.40 bits per heavy atom. The third-order valence-corrected chi connectivity index (χ3v) is 8.15. The van der Waals surface area contributed by atoms with Crippen LogP contribution in [-0.4, -0.2) is 0 Å². The molecule has 1 nitrogen and oxygen atoms in total. The molecule has 1 aromatic rings. The van der Waals surface area contributed by atoms with E-state index in [2.05, 4.69) is 6.92 Å². The first-order valence-electron chi connectivity index (χ1n) is 12.9. The third-order valence-electron chi connectivity index (χ3n) is 8.15. The quantitative estimate of drug-likeness (QED) is 0.353. The number of unbranched alkanes of at least 4 members (excludes halogenated alkanes) is 3. The summed E-state index contributed by atoms with van der Waals surface area (Å²) < 4.78 is 13.7. The van der Waals surface area contributed by atoms with Crippen molar-refractivity contribution in [3.63, 3.8) is 0 Å². The molecule has 0 saturated heterocycles. The van der Waals surface area contributed by atoms with E-state index in [-0.39, 0.29) is 11.4 Å². The van der Waals surface area contributed by atoms with E-state index in [0.717, 1.165) is 42.1 Å². The van der Waals surface area contributed by atoms with Gasteiger partial charge in [0.1, 0.15) is 11.9 Å². The molecule has 0 N–H and O–H groups in total. The first-order valence-corrected chi connectivity index (χ1v) is 12.9. The summed E-state index contributed by atoms with van der Waals surface area (Å²) in [6.45, 7) is 2.31. The fourth-order valence-corrected chi connectivity index (χ4v) is 6.15. The van der Waals surface area contributed by atoms with Crippen LogP contribution in [0.1, 0.15) is 114 Å². The molecule has 2 heteroatoms. The molecule has 166 valence electrons. The Hall–Kier alpha value is -1.36. The van der Waals surface area contributed by atoms with Gasteiger partial charge in [-0.15, -0.1) is 0 Å². The van der Waals surface area contributed by atoms with E-state index in [9.17, 15) is 4.39 Å². The van der Waals surface area contributed by atoms with Crippen LogP contribution >= 0.6 is 0 Å². The molecule has 0 unspecified atom stereocenters. The van der Waals surface area contributed by atoms with Crippen LogP contribution in [0.3, 0.4) is 0 Å². The number of aryl methyl sites for hydroxylation is 1. The number of nitrogens with zero attached hydrogens (tertiary/aromatic N) is 1. The van der Waals surface area contributed by atoms with E-state index in [1.807, 2.05) is 12.1 Å². The summed E-state index contributed by atoms with van der Waals surface area (Å²) in [7, 11) is 0. The SMILES string of the molecule is CCCCCC1CCC(C2CCC(CCCCc3ccc(C#N)c(F)c3)CC2)CC1. The third kappa shape index (κ3) is 7.11. The van der Waals surface area contributed by atoms with Gasteiger partial charge in [-0.25, -0.2) is 4.39 Å². The number of benzene rings is 1. The fraction of sp³-hybridized carbons (Fsp3) is 0.750. The fourth-order valence-electron chi connectivity index (χ4n) is 6.15. The maximum absolute atomic E-state index is 13.7. The normalized spacial score (nSPS) is 27.0. The van der Waals surface area contributed by atoms with Crippen LogP contribution in [0, 0.1) is 40.8 Å². The van der Waals surface area contributed by atoms with Crippen LogP contribution in [0.2, 0.25) is 0 Å². The molecule has 3 rings (SSSR count). The summed E-state index contributed by atoms with van der Waals surface area (Å²) in [6, 6.07) is 6.96. The summed E-state index contributed by atoms with van der Waals surface area (Å²) in [5, 5.41) is 8.83. The van der Waals surface area contributed by atoms with E-state index in [0.29, 0.717) is 0 Å². The van der Waals surface area contributed by atoms with Crippen molar-refractivity contribution in [2.24, 2.45) is 23.7 Å². The van der Waals surface area contributed by atoms with Gasteiger partial charge in [0.15, 0.2) is 0 Å². The van der Waals surface area contributed by atoms with Crippen LogP contribution in [0.25, 0.3) is 0 Å². The van der Waals surface area contributed by atoms with Gasteiger partial charge in [-0.2, -0.15) is 5.26 Å². The van der Waals surface area contributed by atoms with Crippen molar-refractivity contribution in [2.75, 3.05) is 0 Å². The van der Waals surface area contributed by atoms with Gasteiger partial charge in [-0.1, -0.05) is 77.2 Å². The van der Waals surface area contributed by atoms with E-state index in [4.69, 9.17) is 5.26 Å². The number of hydrogen-bond donors (Lipinski definition) is 0. The number of rotatable bonds is 10. The Labute approximate surface area is 184 Å². The minimum Gasteiger partial charge on any atom is -0.206 e. The molecule has 2 fully saturated rings. The van der Waals surface area contributed by atoms with Crippen molar-refractivity contribution in [3.8, 4) is 6.07 Å². The predicted molar refractivity (Wildman–Crippen MR) is 124 cm³/mol. The Morgan fingerprint density at radius 1 is 0.833 bits per heavy atom. The summed E-state index contributed by atoms with van der Waals surface area (Å²) in [5.41, 5.74) is 1.18. The Balaban J connectivity index is 1.27. The van der Waals surface area contributed by atoms with Crippen LogP contribution < -0.4 is 0 Å². The summed E-state index contributed by atoms with van der Waals surface area (Å²) >= 11 is 0. The van der Waals surface area contributed by atoms with Crippen LogP contribution in [0.5, 0.6) is 0 Å². The number of nitriles is 1. The van der Waals surface area contributed by atoms with Crippen molar-refractivity contribution >= 4 is 0 Å². The Bertz CT molecular complexity index is 660. The van der Waals surface area contributed by atoms with Crippen molar-refractivity contribution in [1.29, 1.82) is 5.26 Å². The van der Waals surface area contributed by atoms with Crippen molar-refractivity contribution in [2.45, 2.75) is 110 Å². The average molecular weight is 412 g/mol. The van der Waals surface area contributed by atoms with Gasteiger partial charge in [0.2, 0.25) is 0 Å². The molecule has 0 aliphatic heterocycles. The Kier molecular flexibility index (Phi) is 9.70. The highest BCUT2D eigenvalue weighted by Crippen LogP contribution is 2.43. The van der Waals surface area contributed by atoms with Gasteiger partial charge in [0.05, 0.1) is 5.56 Å². The molecule has 0 radical (unpaired) electrons. The van der Waals surface area contributed by atoms with E-state index < -0.39 is 0 Å². The molecular formula is C28H42FN. The number of halogens is 1. The van der Waals surface area contributed by atoms with E-state index in [1.54, 1.807) is 12.1 Å². The van der Waals surface area contributed by atoms with Gasteiger partial charge in [-0.05, 0) is 79.9 Å². The summed E-state index contributed by atoms with van der Waals surface area (Å²) in [4.78, 5) is 0. The smallest absolute Gasteiger partial charge is 0.141 e. The van der Waals surface area contributed by atoms with Gasteiger partial charge in [-0.3, -0.25) is 0 Å². The van der Waals surface area contributed by atoms with Gasteiger partial charge in [0.25, 0.3) is 0 Å². The molecule has 0 aromatic heterocycles. The van der Waals surface area contributed by atoms with Crippen molar-refractivity contribution < 1.29 is 4.39 Å². The van der Waals surface area contributed by atoms with E-state index in [1.165, 1.54) is 89.9 Å². The lowest BCUT2D eigenvalue weighted by Crippen LogP contribution is -2.25. The maximum Gasteiger partial charge on any atom is 0.141 e. The zero-order valence-corrected chi connectivity index (χ0v) is 19.2. The van der Waals surface area contributed by atoms with Crippen LogP contribution in [0.15, 0.2) is 18.2 Å². The number of hydrogen-bond acceptors (Lipinski definition) is 1. The molecule has 0 bridgehead atoms. The lowest BCUT2D eigenvalue weighted by Gasteiger charge is -2.38. The van der Waals surface area contributed by atoms with Crippen molar-refractivity contribution in [3.05, 3.63) is 35.1 Å². The van der Waals surface area contributed by atoms with Crippen molar-refractivity contribution in [1.82, 2.24) is 0 Å². The lowest BCUT2D eigenvalue weighted by molar-refractivity contribution is 0.139. The predicted octanol–water partition coefficient (Wildman–Crippen LogP) is 8.60. The van der Waals surface area contributed by atoms with Gasteiger partial charge in [0, 0.05) is 0 Å². The maximum atomic E-state index is 13.7. The molecule has 0 spiro atoms. The monoisotopic (exact) mass is 411 g/mol. The molecule has 0 atom stereocenters. The van der Waals surface area contributed by atoms with Gasteiger partial charge >= 0.3 is 0 Å². The molecule has 0 heterocycles. The first kappa shape index (κ1) is 23.3. The molecule has 0 amide bonds. The second-order valence-corrected chi connectivity index (χ2v) is 10.2. The topological polar surface area (TPSA) is 23.8 Å². The lowest BCUT2D eigenvalue weighted by atomic mass is 9.68. The standard InChI is InChI=1S/C28H42FN/c1-2-3-4-7-22-10-15-25(16-11-22)26-17-12-23(13-18-26)8-5-6-9-24-14-19-27(21-30)28(29)20-24/h14,19-20,22-23,25-26H,2-13,15-18H2,1H3. The molecule has 30 heavy (non-hydrogen) atoms. The summed E-state index contributed by atoms with van der Waals surface area (Å²) in [6.07, 6.45) is 22.2. The second-order valence-electron chi connectivity index (χ2n) is 10.2. The second kappa shape index (κ2) is 12.5. The molecule has 2 aliphatic rings. The summed E-state index contributed by atoms with van der Waals surface area (Å²) in [5.74, 6) is 3.63. The Morgan fingerprint density at radius 3 is 1.90 bits per heavy atom. The molecule has 2 saturated carbocycles. The highest BCUT2D eigenvalue weighted by atomic mass is 19.1. The molecular weight excluding hydrogens is 369 g/mol. The highest BCUT2D eigenvalue weighted by Gasteiger charge is 2.30. The van der Waals surface area contributed by atoms with E-state index >= 15 is 0 Å². The molecule has 1 aromatic carbocycles. The zero-order chi connectivity index (χ0) is 21.2. The zero-order valence-electron chi connectivity index (χ0n) is 19.2.